The lowest BCUT2D eigenvalue weighted by Gasteiger charge is -2.16. The average Bonchev–Trinajstić information content (AvgIpc) is 3.01. The molecule has 1 aromatic heterocycles. The molecule has 0 saturated heterocycles. The predicted octanol–water partition coefficient (Wildman–Crippen LogP) is 3.54. The van der Waals surface area contributed by atoms with Crippen molar-refractivity contribution in [2.45, 2.75) is 19.6 Å². The molecule has 2 rings (SSSR count). The third-order valence-electron chi connectivity index (χ3n) is 2.81. The monoisotopic (exact) mass is 372 g/mol. The minimum atomic E-state index is -0.781. The van der Waals surface area contributed by atoms with Crippen molar-refractivity contribution >= 4 is 46.4 Å². The van der Waals surface area contributed by atoms with E-state index in [1.54, 1.807) is 43.5 Å². The van der Waals surface area contributed by atoms with Gasteiger partial charge in [0, 0.05) is 5.02 Å². The Balaban J connectivity index is 1.83. The summed E-state index contributed by atoms with van der Waals surface area (Å²) in [6.45, 7) is 1.97. The van der Waals surface area contributed by atoms with Gasteiger partial charge in [-0.05, 0) is 49.5 Å². The summed E-state index contributed by atoms with van der Waals surface area (Å²) in [7, 11) is 0. The number of carbonyl (C=O) groups is 1. The van der Waals surface area contributed by atoms with Crippen LogP contribution in [-0.2, 0) is 11.3 Å². The molecule has 8 heteroatoms. The summed E-state index contributed by atoms with van der Waals surface area (Å²) in [6.07, 6.45) is 0.779. The lowest BCUT2D eigenvalue weighted by molar-refractivity contribution is -0.125. The molecule has 2 aromatic rings. The van der Waals surface area contributed by atoms with Crippen LogP contribution in [0.5, 0.6) is 5.75 Å². The number of benzene rings is 1. The molecule has 0 saturated carbocycles. The predicted molar refractivity (Wildman–Crippen MR) is 92.8 cm³/mol. The van der Waals surface area contributed by atoms with Crippen LogP contribution < -0.4 is 15.4 Å². The van der Waals surface area contributed by atoms with E-state index in [4.69, 9.17) is 44.6 Å². The summed E-state index contributed by atoms with van der Waals surface area (Å²) in [6, 6.07) is 8.33. The van der Waals surface area contributed by atoms with Crippen LogP contribution in [0.15, 0.2) is 41.0 Å². The van der Waals surface area contributed by atoms with E-state index < -0.39 is 12.0 Å². The van der Waals surface area contributed by atoms with Crippen LogP contribution in [0.25, 0.3) is 0 Å². The van der Waals surface area contributed by atoms with Crippen molar-refractivity contribution < 1.29 is 13.9 Å². The normalized spacial score (nSPS) is 11.6. The maximum absolute atomic E-state index is 12.0. The highest BCUT2D eigenvalue weighted by Crippen LogP contribution is 2.28. The number of rotatable bonds is 5. The fraction of sp³-hybridized carbons (Fsp3) is 0.200. The van der Waals surface area contributed by atoms with Gasteiger partial charge in [-0.25, -0.2) is 0 Å². The SMILES string of the molecule is CC(Oc1ccc(Cl)cc1Cl)C(=O)NC(=S)NCc1ccco1. The van der Waals surface area contributed by atoms with E-state index in [2.05, 4.69) is 10.6 Å². The number of hydrogen-bond acceptors (Lipinski definition) is 4. The van der Waals surface area contributed by atoms with E-state index in [-0.39, 0.29) is 5.11 Å². The smallest absolute Gasteiger partial charge is 0.266 e. The summed E-state index contributed by atoms with van der Waals surface area (Å²) >= 11 is 16.9. The number of ether oxygens (including phenoxy) is 1. The van der Waals surface area contributed by atoms with E-state index in [0.29, 0.717) is 28.1 Å². The molecule has 0 aliphatic carbocycles. The average molecular weight is 373 g/mol. The fourth-order valence-corrected chi connectivity index (χ4v) is 2.28. The Bertz CT molecular complexity index is 692. The summed E-state index contributed by atoms with van der Waals surface area (Å²) < 4.78 is 10.7. The summed E-state index contributed by atoms with van der Waals surface area (Å²) in [4.78, 5) is 12.0. The second-order valence-corrected chi connectivity index (χ2v) is 5.84. The first-order valence-corrected chi connectivity index (χ1v) is 7.85. The van der Waals surface area contributed by atoms with Crippen molar-refractivity contribution in [3.8, 4) is 5.75 Å². The first-order chi connectivity index (χ1) is 11.0. The molecular formula is C15H14Cl2N2O3S. The zero-order valence-electron chi connectivity index (χ0n) is 12.1. The number of amides is 1. The highest BCUT2D eigenvalue weighted by molar-refractivity contribution is 7.80. The number of carbonyl (C=O) groups excluding carboxylic acids is 1. The summed E-state index contributed by atoms with van der Waals surface area (Å²) in [5.41, 5.74) is 0. The number of halogens is 2. The molecule has 0 bridgehead atoms. The second-order valence-electron chi connectivity index (χ2n) is 4.59. The maximum atomic E-state index is 12.0. The van der Waals surface area contributed by atoms with Gasteiger partial charge >= 0.3 is 0 Å². The first kappa shape index (κ1) is 17.6. The van der Waals surface area contributed by atoms with E-state index in [9.17, 15) is 4.79 Å². The molecule has 1 unspecified atom stereocenters. The van der Waals surface area contributed by atoms with E-state index in [1.807, 2.05) is 0 Å². The topological polar surface area (TPSA) is 63.5 Å². The van der Waals surface area contributed by atoms with Gasteiger partial charge in [-0.15, -0.1) is 0 Å². The Morgan fingerprint density at radius 1 is 1.39 bits per heavy atom. The molecule has 1 atom stereocenters. The molecule has 1 aromatic carbocycles. The van der Waals surface area contributed by atoms with Crippen LogP contribution in [-0.4, -0.2) is 17.1 Å². The molecule has 0 fully saturated rings. The van der Waals surface area contributed by atoms with Crippen molar-refractivity contribution in [1.82, 2.24) is 10.6 Å². The van der Waals surface area contributed by atoms with E-state index in [1.165, 1.54) is 0 Å². The largest absolute Gasteiger partial charge is 0.479 e. The van der Waals surface area contributed by atoms with Gasteiger partial charge in [0.25, 0.3) is 5.91 Å². The number of hydrogen-bond donors (Lipinski definition) is 2. The zero-order valence-corrected chi connectivity index (χ0v) is 14.5. The Labute approximate surface area is 148 Å². The Morgan fingerprint density at radius 3 is 2.83 bits per heavy atom. The first-order valence-electron chi connectivity index (χ1n) is 6.68. The molecule has 0 aliphatic heterocycles. The van der Waals surface area contributed by atoms with Crippen LogP contribution in [0.4, 0.5) is 0 Å². The molecule has 0 spiro atoms. The van der Waals surface area contributed by atoms with E-state index in [0.717, 1.165) is 0 Å². The Kier molecular flexibility index (Phi) is 6.27. The van der Waals surface area contributed by atoms with Crippen molar-refractivity contribution in [2.24, 2.45) is 0 Å². The lowest BCUT2D eigenvalue weighted by Crippen LogP contribution is -2.44. The molecule has 0 radical (unpaired) electrons. The third kappa shape index (κ3) is 5.42. The van der Waals surface area contributed by atoms with Gasteiger partial charge in [-0.3, -0.25) is 10.1 Å². The van der Waals surface area contributed by atoms with Crippen molar-refractivity contribution in [3.05, 3.63) is 52.4 Å². The Hall–Kier alpha value is -1.76. The van der Waals surface area contributed by atoms with E-state index >= 15 is 0 Å². The number of furan rings is 1. The standard InChI is InChI=1S/C15H14Cl2N2O3S/c1-9(22-13-5-4-10(16)7-12(13)17)14(20)19-15(23)18-8-11-3-2-6-21-11/h2-7,9H,8H2,1H3,(H2,18,19,20,23). The minimum absolute atomic E-state index is 0.184. The van der Waals surface area contributed by atoms with Gasteiger partial charge < -0.3 is 14.5 Å². The molecule has 122 valence electrons. The van der Waals surface area contributed by atoms with Gasteiger partial charge in [0.05, 0.1) is 17.8 Å². The maximum Gasteiger partial charge on any atom is 0.266 e. The molecule has 5 nitrogen and oxygen atoms in total. The van der Waals surface area contributed by atoms with Crippen molar-refractivity contribution in [1.29, 1.82) is 0 Å². The molecule has 1 amide bonds. The third-order valence-corrected chi connectivity index (χ3v) is 3.58. The molecule has 2 N–H and O–H groups in total. The van der Waals surface area contributed by atoms with Crippen LogP contribution in [0.1, 0.15) is 12.7 Å². The Morgan fingerprint density at radius 2 is 2.17 bits per heavy atom. The summed E-state index contributed by atoms with van der Waals surface area (Å²) in [5.74, 6) is 0.681. The van der Waals surface area contributed by atoms with Gasteiger partial charge in [0.15, 0.2) is 11.2 Å². The molecular weight excluding hydrogens is 359 g/mol. The highest BCUT2D eigenvalue weighted by atomic mass is 35.5. The number of nitrogens with one attached hydrogen (secondary N) is 2. The fourth-order valence-electron chi connectivity index (χ4n) is 1.65. The van der Waals surface area contributed by atoms with Crippen LogP contribution in [0, 0.1) is 0 Å². The lowest BCUT2D eigenvalue weighted by atomic mass is 10.3. The van der Waals surface area contributed by atoms with Gasteiger partial charge in [-0.1, -0.05) is 23.2 Å². The molecule has 1 heterocycles. The van der Waals surface area contributed by atoms with Gasteiger partial charge in [0.2, 0.25) is 0 Å². The van der Waals surface area contributed by atoms with Gasteiger partial charge in [0.1, 0.15) is 11.5 Å². The molecule has 23 heavy (non-hydrogen) atoms. The second kappa shape index (κ2) is 8.19. The van der Waals surface area contributed by atoms with Crippen LogP contribution in [0.2, 0.25) is 10.0 Å². The highest BCUT2D eigenvalue weighted by Gasteiger charge is 2.17. The van der Waals surface area contributed by atoms with Crippen LogP contribution in [0.3, 0.4) is 0 Å². The van der Waals surface area contributed by atoms with Crippen molar-refractivity contribution in [2.75, 3.05) is 0 Å². The summed E-state index contributed by atoms with van der Waals surface area (Å²) in [5, 5.41) is 6.40. The van der Waals surface area contributed by atoms with Gasteiger partial charge in [-0.2, -0.15) is 0 Å². The zero-order chi connectivity index (χ0) is 16.8. The van der Waals surface area contributed by atoms with Crippen LogP contribution >= 0.6 is 35.4 Å². The molecule has 0 aliphatic rings. The quantitative estimate of drug-likeness (QED) is 0.785. The minimum Gasteiger partial charge on any atom is -0.479 e. The number of thiocarbonyl (C=S) groups is 1. The van der Waals surface area contributed by atoms with Crippen molar-refractivity contribution in [3.63, 3.8) is 0 Å².